The quantitative estimate of drug-likeness (QED) is 0.698. The molecule has 0 saturated heterocycles. The largest absolute Gasteiger partial charge is 0.333 e. The van der Waals surface area contributed by atoms with Crippen LogP contribution in [0, 0.1) is 0 Å². The zero-order chi connectivity index (χ0) is 13.4. The minimum absolute atomic E-state index is 0.00461. The van der Waals surface area contributed by atoms with E-state index in [0.29, 0.717) is 0 Å². The van der Waals surface area contributed by atoms with Gasteiger partial charge >= 0.3 is 0 Å². The molecule has 0 saturated carbocycles. The van der Waals surface area contributed by atoms with Gasteiger partial charge in [0.25, 0.3) is 0 Å². The van der Waals surface area contributed by atoms with E-state index in [2.05, 4.69) is 35.0 Å². The molecule has 3 nitrogen and oxygen atoms in total. The van der Waals surface area contributed by atoms with Crippen LogP contribution in [-0.4, -0.2) is 28.6 Å². The van der Waals surface area contributed by atoms with Gasteiger partial charge in [0, 0.05) is 12.7 Å². The lowest BCUT2D eigenvalue weighted by Crippen LogP contribution is -2.35. The normalized spacial score (nSPS) is 12.0. The van der Waals surface area contributed by atoms with Crippen LogP contribution in [0.1, 0.15) is 45.2 Å². The van der Waals surface area contributed by atoms with Crippen LogP contribution in [0.5, 0.6) is 0 Å². The first-order valence-electron chi connectivity index (χ1n) is 6.80. The van der Waals surface area contributed by atoms with Crippen molar-refractivity contribution in [2.24, 2.45) is 0 Å². The second-order valence-corrected chi connectivity index (χ2v) is 6.24. The monoisotopic (exact) mass is 269 g/mol. The molecule has 0 atom stereocenters. The van der Waals surface area contributed by atoms with Crippen molar-refractivity contribution in [1.29, 1.82) is 0 Å². The molecular weight excluding hydrogens is 242 g/mol. The molecule has 1 N–H and O–H groups in total. The van der Waals surface area contributed by atoms with Crippen molar-refractivity contribution in [2.45, 2.75) is 51.6 Å². The molecule has 0 amide bonds. The van der Waals surface area contributed by atoms with Crippen LogP contribution in [0.4, 0.5) is 0 Å². The predicted octanol–water partition coefficient (Wildman–Crippen LogP) is 3.26. The third kappa shape index (κ3) is 4.65. The molecule has 1 heterocycles. The molecule has 0 unspecified atom stereocenters. The van der Waals surface area contributed by atoms with Gasteiger partial charge in [0.1, 0.15) is 0 Å². The fourth-order valence-corrected chi connectivity index (χ4v) is 2.52. The summed E-state index contributed by atoms with van der Waals surface area (Å²) in [5.41, 5.74) is 1.27. The number of nitrogens with one attached hydrogen (secondary N) is 1. The van der Waals surface area contributed by atoms with E-state index >= 15 is 0 Å². The lowest BCUT2D eigenvalue weighted by molar-refractivity contribution is 0.404. The van der Waals surface area contributed by atoms with Gasteiger partial charge in [0.2, 0.25) is 0 Å². The first-order valence-corrected chi connectivity index (χ1v) is 8.19. The molecule has 0 spiro atoms. The number of aromatic nitrogens is 2. The van der Waals surface area contributed by atoms with Crippen LogP contribution >= 0.6 is 11.8 Å². The van der Waals surface area contributed by atoms with E-state index in [9.17, 15) is 0 Å². The van der Waals surface area contributed by atoms with Crippen molar-refractivity contribution in [3.63, 3.8) is 0 Å². The standard InChI is InChI=1S/C14H27N3S/c1-14(2,15-3)13-11-16-12-17(13)9-7-5-6-8-10-18-4/h11-12,15H,5-10H2,1-4H3. The number of hydrogen-bond acceptors (Lipinski definition) is 3. The molecule has 1 rings (SSSR count). The van der Waals surface area contributed by atoms with E-state index < -0.39 is 0 Å². The van der Waals surface area contributed by atoms with Gasteiger partial charge < -0.3 is 9.88 Å². The topological polar surface area (TPSA) is 29.9 Å². The Morgan fingerprint density at radius 1 is 1.28 bits per heavy atom. The highest BCUT2D eigenvalue weighted by Gasteiger charge is 2.21. The Balaban J connectivity index is 2.37. The molecule has 0 fully saturated rings. The average molecular weight is 269 g/mol. The van der Waals surface area contributed by atoms with Crippen LogP contribution in [0.25, 0.3) is 0 Å². The van der Waals surface area contributed by atoms with Crippen LogP contribution in [0.2, 0.25) is 0 Å². The highest BCUT2D eigenvalue weighted by Crippen LogP contribution is 2.19. The fourth-order valence-electron chi connectivity index (χ4n) is 2.03. The summed E-state index contributed by atoms with van der Waals surface area (Å²) in [5.74, 6) is 1.29. The molecule has 1 aromatic heterocycles. The molecule has 0 aliphatic carbocycles. The Labute approximate surface area is 116 Å². The van der Waals surface area contributed by atoms with E-state index in [-0.39, 0.29) is 5.54 Å². The van der Waals surface area contributed by atoms with E-state index in [0.717, 1.165) is 6.54 Å². The minimum atomic E-state index is -0.00461. The lowest BCUT2D eigenvalue weighted by atomic mass is 10.0. The van der Waals surface area contributed by atoms with Crippen LogP contribution < -0.4 is 5.32 Å². The Morgan fingerprint density at radius 2 is 2.00 bits per heavy atom. The summed E-state index contributed by atoms with van der Waals surface area (Å²) >= 11 is 1.94. The van der Waals surface area contributed by atoms with Gasteiger partial charge in [0.05, 0.1) is 17.6 Å². The highest BCUT2D eigenvalue weighted by atomic mass is 32.2. The predicted molar refractivity (Wildman–Crippen MR) is 81.2 cm³/mol. The maximum atomic E-state index is 4.28. The highest BCUT2D eigenvalue weighted by molar-refractivity contribution is 7.98. The Bertz CT molecular complexity index is 334. The molecule has 1 aromatic rings. The maximum Gasteiger partial charge on any atom is 0.0948 e. The Kier molecular flexibility index (Phi) is 6.79. The zero-order valence-electron chi connectivity index (χ0n) is 12.2. The Hall–Kier alpha value is -0.480. The number of hydrogen-bond donors (Lipinski definition) is 1. The molecular formula is C14H27N3S. The molecule has 104 valence electrons. The van der Waals surface area contributed by atoms with Gasteiger partial charge in [-0.15, -0.1) is 0 Å². The van der Waals surface area contributed by atoms with E-state index in [1.165, 1.54) is 37.1 Å². The van der Waals surface area contributed by atoms with Crippen molar-refractivity contribution in [2.75, 3.05) is 19.1 Å². The van der Waals surface area contributed by atoms with Crippen molar-refractivity contribution in [3.05, 3.63) is 18.2 Å². The van der Waals surface area contributed by atoms with Crippen LogP contribution in [-0.2, 0) is 12.1 Å². The SMILES string of the molecule is CNC(C)(C)c1cncn1CCCCCCSC. The molecule has 0 bridgehead atoms. The van der Waals surface area contributed by atoms with Crippen LogP contribution in [0.3, 0.4) is 0 Å². The van der Waals surface area contributed by atoms with Crippen molar-refractivity contribution < 1.29 is 0 Å². The van der Waals surface area contributed by atoms with Crippen molar-refractivity contribution in [3.8, 4) is 0 Å². The minimum Gasteiger partial charge on any atom is -0.333 e. The Morgan fingerprint density at radius 3 is 2.67 bits per heavy atom. The van der Waals surface area contributed by atoms with Gasteiger partial charge in [-0.1, -0.05) is 12.8 Å². The summed E-state index contributed by atoms with van der Waals surface area (Å²) in [4.78, 5) is 4.28. The summed E-state index contributed by atoms with van der Waals surface area (Å²) in [6, 6.07) is 0. The van der Waals surface area contributed by atoms with E-state index in [4.69, 9.17) is 0 Å². The van der Waals surface area contributed by atoms with Gasteiger partial charge in [-0.25, -0.2) is 4.98 Å². The molecule has 4 heteroatoms. The third-order valence-electron chi connectivity index (χ3n) is 3.48. The molecule has 0 aliphatic rings. The van der Waals surface area contributed by atoms with Gasteiger partial charge in [-0.3, -0.25) is 0 Å². The number of rotatable bonds is 9. The number of aryl methyl sites for hydroxylation is 1. The maximum absolute atomic E-state index is 4.28. The second kappa shape index (κ2) is 7.85. The first kappa shape index (κ1) is 15.6. The summed E-state index contributed by atoms with van der Waals surface area (Å²) in [6.45, 7) is 5.47. The molecule has 0 radical (unpaired) electrons. The van der Waals surface area contributed by atoms with Crippen molar-refractivity contribution in [1.82, 2.24) is 14.9 Å². The number of thioether (sulfide) groups is 1. The number of unbranched alkanes of at least 4 members (excludes halogenated alkanes) is 3. The van der Waals surface area contributed by atoms with E-state index in [1.807, 2.05) is 31.3 Å². The molecule has 18 heavy (non-hydrogen) atoms. The number of nitrogens with zero attached hydrogens (tertiary/aromatic N) is 2. The van der Waals surface area contributed by atoms with E-state index in [1.54, 1.807) is 0 Å². The van der Waals surface area contributed by atoms with Crippen molar-refractivity contribution >= 4 is 11.8 Å². The molecule has 0 aromatic carbocycles. The molecule has 0 aliphatic heterocycles. The smallest absolute Gasteiger partial charge is 0.0948 e. The number of imidazole rings is 1. The summed E-state index contributed by atoms with van der Waals surface area (Å²) in [5, 5.41) is 3.34. The first-order chi connectivity index (χ1) is 8.61. The van der Waals surface area contributed by atoms with Crippen LogP contribution in [0.15, 0.2) is 12.5 Å². The fraction of sp³-hybridized carbons (Fsp3) is 0.786. The lowest BCUT2D eigenvalue weighted by Gasteiger charge is -2.25. The second-order valence-electron chi connectivity index (χ2n) is 5.25. The summed E-state index contributed by atoms with van der Waals surface area (Å²) in [6.07, 6.45) is 11.4. The summed E-state index contributed by atoms with van der Waals surface area (Å²) < 4.78 is 2.28. The van der Waals surface area contributed by atoms with Gasteiger partial charge in [-0.05, 0) is 45.7 Å². The average Bonchev–Trinajstić information content (AvgIpc) is 2.82. The van der Waals surface area contributed by atoms with Gasteiger partial charge in [-0.2, -0.15) is 11.8 Å². The van der Waals surface area contributed by atoms with Gasteiger partial charge in [0.15, 0.2) is 0 Å². The summed E-state index contributed by atoms with van der Waals surface area (Å²) in [7, 11) is 2.00. The zero-order valence-corrected chi connectivity index (χ0v) is 13.0. The third-order valence-corrected chi connectivity index (χ3v) is 4.17.